The van der Waals surface area contributed by atoms with E-state index < -0.39 is 16.0 Å². The molecule has 0 aliphatic heterocycles. The van der Waals surface area contributed by atoms with Gasteiger partial charge in [-0.2, -0.15) is 0 Å². The third kappa shape index (κ3) is 4.82. The largest absolute Gasteiger partial charge is 0.494 e. The van der Waals surface area contributed by atoms with Gasteiger partial charge in [0.1, 0.15) is 0 Å². The highest BCUT2D eigenvalue weighted by Crippen LogP contribution is 2.28. The summed E-state index contributed by atoms with van der Waals surface area (Å²) in [5.74, 6) is -0.337. The summed E-state index contributed by atoms with van der Waals surface area (Å²) in [5.41, 5.74) is 1.81. The van der Waals surface area contributed by atoms with Crippen molar-refractivity contribution in [2.24, 2.45) is 10.9 Å². The van der Waals surface area contributed by atoms with Crippen LogP contribution in [-0.2, 0) is 14.8 Å². The van der Waals surface area contributed by atoms with E-state index in [2.05, 4.69) is 9.98 Å². The van der Waals surface area contributed by atoms with Gasteiger partial charge < -0.3 is 14.8 Å². The van der Waals surface area contributed by atoms with Crippen molar-refractivity contribution in [3.05, 3.63) is 53.6 Å². The van der Waals surface area contributed by atoms with Crippen LogP contribution in [0.25, 0.3) is 10.9 Å². The number of carbonyl (C=O) groups excluding carboxylic acids is 1. The fourth-order valence-electron chi connectivity index (χ4n) is 2.63. The molecule has 0 unspecified atom stereocenters. The van der Waals surface area contributed by atoms with Gasteiger partial charge in [-0.1, -0.05) is 13.8 Å². The number of aromatic amines is 1. The molecule has 0 aliphatic carbocycles. The number of esters is 1. The number of hydrogen-bond donors (Lipinski definition) is 2. The number of fused-ring (bicyclic) bond motifs is 1. The number of nitrogens with one attached hydrogen (secondary N) is 2. The second kappa shape index (κ2) is 8.06. The fraction of sp³-hybridized carbons (Fsp3) is 0.200. The first kappa shape index (κ1) is 20.6. The van der Waals surface area contributed by atoms with E-state index in [1.54, 1.807) is 18.2 Å². The Morgan fingerprint density at radius 3 is 2.55 bits per heavy atom. The molecule has 0 fully saturated rings. The zero-order valence-corrected chi connectivity index (χ0v) is 16.7. The quantitative estimate of drug-likeness (QED) is 0.471. The van der Waals surface area contributed by atoms with Gasteiger partial charge in [0.15, 0.2) is 5.88 Å². The maximum atomic E-state index is 12.2. The lowest BCUT2D eigenvalue weighted by molar-refractivity contribution is 0.0459. The van der Waals surface area contributed by atoms with Gasteiger partial charge in [0.05, 0.1) is 28.3 Å². The molecule has 0 atom stereocenters. The average Bonchev–Trinajstić information content (AvgIpc) is 2.98. The molecule has 1 aromatic heterocycles. The van der Waals surface area contributed by atoms with Crippen molar-refractivity contribution in [1.82, 2.24) is 10.1 Å². The van der Waals surface area contributed by atoms with E-state index in [1.165, 1.54) is 30.5 Å². The van der Waals surface area contributed by atoms with Crippen molar-refractivity contribution >= 4 is 38.8 Å². The highest BCUT2D eigenvalue weighted by molar-refractivity contribution is 7.88. The summed E-state index contributed by atoms with van der Waals surface area (Å²) in [7, 11) is -4.03. The van der Waals surface area contributed by atoms with Crippen LogP contribution in [0, 0.1) is 5.92 Å². The predicted molar refractivity (Wildman–Crippen MR) is 109 cm³/mol. The minimum atomic E-state index is -4.03. The third-order valence-corrected chi connectivity index (χ3v) is 4.98. The molecular weight excluding hydrogens is 394 g/mol. The first-order valence-corrected chi connectivity index (χ1v) is 10.3. The maximum Gasteiger partial charge on any atom is 0.338 e. The second-order valence-corrected chi connectivity index (χ2v) is 8.37. The van der Waals surface area contributed by atoms with Gasteiger partial charge in [-0.25, -0.2) is 13.2 Å². The number of aliphatic imine (C=N–C) groups is 1. The Balaban J connectivity index is 1.90. The number of nitrogens with zero attached hydrogens (tertiary/aromatic N) is 1. The Bertz CT molecular complexity index is 1180. The minimum Gasteiger partial charge on any atom is -0.494 e. The molecule has 1 heterocycles. The van der Waals surface area contributed by atoms with E-state index in [1.807, 2.05) is 13.8 Å². The minimum absolute atomic E-state index is 0.109. The Kier molecular flexibility index (Phi) is 5.71. The molecule has 8 nitrogen and oxygen atoms in total. The molecule has 0 spiro atoms. The van der Waals surface area contributed by atoms with Crippen molar-refractivity contribution in [2.45, 2.75) is 18.7 Å². The molecule has 9 heteroatoms. The van der Waals surface area contributed by atoms with Gasteiger partial charge in [0.2, 0.25) is 0 Å². The van der Waals surface area contributed by atoms with Crippen molar-refractivity contribution in [3.8, 4) is 5.88 Å². The topological polar surface area (TPSA) is 133 Å². The van der Waals surface area contributed by atoms with E-state index in [0.29, 0.717) is 34.3 Å². The van der Waals surface area contributed by atoms with Crippen molar-refractivity contribution in [3.63, 3.8) is 0 Å². The maximum absolute atomic E-state index is 12.2. The first-order valence-electron chi connectivity index (χ1n) is 8.80. The van der Waals surface area contributed by atoms with Crippen LogP contribution in [0.2, 0.25) is 0 Å². The Morgan fingerprint density at radius 2 is 1.93 bits per heavy atom. The zero-order valence-electron chi connectivity index (χ0n) is 15.8. The van der Waals surface area contributed by atoms with Gasteiger partial charge in [-0.05, 0) is 48.4 Å². The van der Waals surface area contributed by atoms with Gasteiger partial charge in [-0.15, -0.1) is 5.14 Å². The normalized spacial score (nSPS) is 12.1. The SMILES string of the molecule is CC(C)COC(=O)c1ccc2[nH]c(O)c(C=Nc3ccc(S([NH])(=O)=O)cc3)c2c1. The Morgan fingerprint density at radius 1 is 1.24 bits per heavy atom. The first-order chi connectivity index (χ1) is 13.6. The highest BCUT2D eigenvalue weighted by Gasteiger charge is 2.14. The molecule has 151 valence electrons. The van der Waals surface area contributed by atoms with Crippen LogP contribution < -0.4 is 5.14 Å². The molecule has 0 saturated carbocycles. The molecule has 0 amide bonds. The predicted octanol–water partition coefficient (Wildman–Crippen LogP) is 3.41. The summed E-state index contributed by atoms with van der Waals surface area (Å²) in [4.78, 5) is 19.1. The highest BCUT2D eigenvalue weighted by atomic mass is 32.2. The zero-order chi connectivity index (χ0) is 21.2. The number of aromatic nitrogens is 1. The van der Waals surface area contributed by atoms with E-state index in [-0.39, 0.29) is 16.7 Å². The average molecular weight is 414 g/mol. The number of ether oxygens (including phenoxy) is 1. The van der Waals surface area contributed by atoms with Crippen LogP contribution >= 0.6 is 0 Å². The van der Waals surface area contributed by atoms with Crippen LogP contribution in [0.15, 0.2) is 52.4 Å². The molecular formula is C20H20N3O5S. The van der Waals surface area contributed by atoms with Crippen LogP contribution in [0.5, 0.6) is 5.88 Å². The van der Waals surface area contributed by atoms with Crippen LogP contribution in [0.1, 0.15) is 29.8 Å². The number of carbonyl (C=O) groups is 1. The number of benzene rings is 2. The molecule has 3 N–H and O–H groups in total. The van der Waals surface area contributed by atoms with Crippen molar-refractivity contribution in [1.29, 1.82) is 0 Å². The van der Waals surface area contributed by atoms with E-state index in [0.717, 1.165) is 0 Å². The molecule has 0 bridgehead atoms. The van der Waals surface area contributed by atoms with Gasteiger partial charge in [0, 0.05) is 17.1 Å². The lowest BCUT2D eigenvalue weighted by atomic mass is 10.1. The molecule has 29 heavy (non-hydrogen) atoms. The number of aromatic hydroxyl groups is 1. The molecule has 3 aromatic rings. The van der Waals surface area contributed by atoms with Gasteiger partial charge in [-0.3, -0.25) is 4.99 Å². The fourth-order valence-corrected chi connectivity index (χ4v) is 3.13. The molecule has 0 saturated heterocycles. The van der Waals surface area contributed by atoms with E-state index >= 15 is 0 Å². The second-order valence-electron chi connectivity index (χ2n) is 6.90. The van der Waals surface area contributed by atoms with Crippen LogP contribution in [0.4, 0.5) is 5.69 Å². The summed E-state index contributed by atoms with van der Waals surface area (Å²) in [6, 6.07) is 10.4. The summed E-state index contributed by atoms with van der Waals surface area (Å²) < 4.78 is 27.7. The number of sulfonamides is 1. The summed E-state index contributed by atoms with van der Waals surface area (Å²) in [6.07, 6.45) is 1.42. The van der Waals surface area contributed by atoms with Crippen molar-refractivity contribution in [2.75, 3.05) is 6.61 Å². The number of hydrogen-bond acceptors (Lipinski definition) is 6. The number of H-pyrrole nitrogens is 1. The van der Waals surface area contributed by atoms with Crippen molar-refractivity contribution < 1.29 is 23.1 Å². The van der Waals surface area contributed by atoms with Crippen LogP contribution in [-0.4, -0.2) is 37.3 Å². The molecule has 1 radical (unpaired) electrons. The molecule has 0 aliphatic rings. The summed E-state index contributed by atoms with van der Waals surface area (Å²) in [6.45, 7) is 4.20. The number of rotatable bonds is 6. The lowest BCUT2D eigenvalue weighted by Gasteiger charge is -2.07. The third-order valence-electron chi connectivity index (χ3n) is 4.09. The van der Waals surface area contributed by atoms with Crippen LogP contribution in [0.3, 0.4) is 0 Å². The smallest absolute Gasteiger partial charge is 0.338 e. The summed E-state index contributed by atoms with van der Waals surface area (Å²) >= 11 is 0. The summed E-state index contributed by atoms with van der Waals surface area (Å²) in [5, 5.41) is 17.8. The van der Waals surface area contributed by atoms with E-state index in [9.17, 15) is 18.3 Å². The molecule has 2 aromatic carbocycles. The molecule has 3 rings (SSSR count). The Labute approximate surface area is 168 Å². The van der Waals surface area contributed by atoms with Gasteiger partial charge in [0.25, 0.3) is 10.0 Å². The van der Waals surface area contributed by atoms with E-state index in [4.69, 9.17) is 9.88 Å². The Hall–Kier alpha value is -3.17. The van der Waals surface area contributed by atoms with Gasteiger partial charge >= 0.3 is 5.97 Å². The monoisotopic (exact) mass is 414 g/mol. The lowest BCUT2D eigenvalue weighted by Crippen LogP contribution is -2.10. The standard InChI is InChI=1S/C20H20N3O5S/c1-12(2)11-28-20(25)13-3-8-18-16(9-13)17(19(24)23-18)10-22-14-4-6-15(7-5-14)29(21,26)27/h3-10,12,21,23-24H,11H2,1-2H3.